The van der Waals surface area contributed by atoms with Gasteiger partial charge in [-0.1, -0.05) is 44.2 Å². The summed E-state index contributed by atoms with van der Waals surface area (Å²) in [6.07, 6.45) is 0.341. The van der Waals surface area contributed by atoms with E-state index in [1.807, 2.05) is 30.3 Å². The monoisotopic (exact) mass is 426 g/mol. The lowest BCUT2D eigenvalue weighted by molar-refractivity contribution is -0.139. The van der Waals surface area contributed by atoms with Crippen molar-refractivity contribution in [2.75, 3.05) is 26.2 Å². The van der Waals surface area contributed by atoms with E-state index in [0.29, 0.717) is 44.3 Å². The Balaban J connectivity index is 1.66. The van der Waals surface area contributed by atoms with Crippen molar-refractivity contribution in [3.05, 3.63) is 64.1 Å². The van der Waals surface area contributed by atoms with E-state index in [2.05, 4.69) is 24.0 Å². The van der Waals surface area contributed by atoms with Crippen LogP contribution in [0.1, 0.15) is 31.5 Å². The summed E-state index contributed by atoms with van der Waals surface area (Å²) in [4.78, 5) is 40.2. The molecule has 0 unspecified atom stereocenters. The number of amides is 2. The summed E-state index contributed by atoms with van der Waals surface area (Å²) in [6, 6.07) is 12.9. The maximum Gasteiger partial charge on any atom is 0.264 e. The number of benzene rings is 1. The van der Waals surface area contributed by atoms with Crippen LogP contribution in [-0.4, -0.2) is 64.1 Å². The number of aromatic amines is 1. The van der Waals surface area contributed by atoms with E-state index in [1.165, 1.54) is 6.07 Å². The number of hydrogen-bond donors (Lipinski definition) is 1. The molecule has 1 aliphatic rings. The summed E-state index contributed by atoms with van der Waals surface area (Å²) >= 11 is 0. The molecule has 0 spiro atoms. The fraction of sp³-hybridized carbons (Fsp3) is 0.478. The number of hydrogen-bond acceptors (Lipinski definition) is 5. The summed E-state index contributed by atoms with van der Waals surface area (Å²) in [5.74, 6) is 0.142. The first-order valence-electron chi connectivity index (χ1n) is 10.7. The van der Waals surface area contributed by atoms with Crippen LogP contribution in [0.3, 0.4) is 0 Å². The summed E-state index contributed by atoms with van der Waals surface area (Å²) in [6.45, 7) is 6.08. The van der Waals surface area contributed by atoms with E-state index >= 15 is 0 Å². The lowest BCUT2D eigenvalue weighted by Gasteiger charge is -2.26. The Morgan fingerprint density at radius 1 is 1.16 bits per heavy atom. The fourth-order valence-corrected chi connectivity index (χ4v) is 3.59. The number of carbonyl (C=O) groups excluding carboxylic acids is 2. The third kappa shape index (κ3) is 7.03. The van der Waals surface area contributed by atoms with Crippen molar-refractivity contribution in [1.82, 2.24) is 20.0 Å². The summed E-state index contributed by atoms with van der Waals surface area (Å²) < 4.78 is 6.13. The van der Waals surface area contributed by atoms with Crippen molar-refractivity contribution < 1.29 is 14.3 Å². The van der Waals surface area contributed by atoms with Gasteiger partial charge in [0.25, 0.3) is 5.56 Å². The van der Waals surface area contributed by atoms with E-state index in [9.17, 15) is 14.4 Å². The van der Waals surface area contributed by atoms with Gasteiger partial charge >= 0.3 is 0 Å². The van der Waals surface area contributed by atoms with Crippen LogP contribution in [0.4, 0.5) is 0 Å². The van der Waals surface area contributed by atoms with E-state index in [0.717, 1.165) is 5.56 Å². The molecule has 1 atom stereocenters. The number of nitrogens with one attached hydrogen (secondary N) is 1. The number of aromatic nitrogens is 2. The molecule has 1 fully saturated rings. The molecule has 2 aromatic rings. The highest BCUT2D eigenvalue weighted by Crippen LogP contribution is 2.14. The van der Waals surface area contributed by atoms with Gasteiger partial charge in [-0.3, -0.25) is 14.4 Å². The maximum atomic E-state index is 12.9. The molecule has 0 radical (unpaired) electrons. The zero-order valence-corrected chi connectivity index (χ0v) is 18.1. The summed E-state index contributed by atoms with van der Waals surface area (Å²) in [5.41, 5.74) is 1.40. The van der Waals surface area contributed by atoms with Crippen molar-refractivity contribution >= 4 is 11.8 Å². The smallest absolute Gasteiger partial charge is 0.264 e. The van der Waals surface area contributed by atoms with Crippen LogP contribution in [0, 0.1) is 5.92 Å². The van der Waals surface area contributed by atoms with Crippen LogP contribution in [0.15, 0.2) is 47.3 Å². The standard InChI is InChI=1S/C23H30N4O4/c1-17(2)12-26-13-20(31-16-18-6-4-3-5-7-18)14-27(15-23(26)30)22(29)11-9-19-8-10-21(28)25-24-19/h3-8,10,17,20H,9,11-16H2,1-2H3,(H,25,28)/t20-/m0/s1. The minimum absolute atomic E-state index is 0.0514. The van der Waals surface area contributed by atoms with Gasteiger partial charge in [0.2, 0.25) is 11.8 Å². The molecule has 2 amide bonds. The van der Waals surface area contributed by atoms with Gasteiger partial charge in [0, 0.05) is 38.5 Å². The topological polar surface area (TPSA) is 95.6 Å². The SMILES string of the molecule is CC(C)CN1C[C@H](OCc2ccccc2)CN(C(=O)CCc2ccc(=O)[nH]n2)CC1=O. The minimum Gasteiger partial charge on any atom is -0.370 e. The molecule has 1 saturated heterocycles. The third-order valence-corrected chi connectivity index (χ3v) is 5.13. The van der Waals surface area contributed by atoms with Crippen LogP contribution in [-0.2, 0) is 27.4 Å². The molecule has 0 bridgehead atoms. The zero-order valence-electron chi connectivity index (χ0n) is 18.1. The first-order valence-corrected chi connectivity index (χ1v) is 10.7. The van der Waals surface area contributed by atoms with Crippen molar-refractivity contribution in [3.63, 3.8) is 0 Å². The van der Waals surface area contributed by atoms with Crippen LogP contribution in [0.25, 0.3) is 0 Å². The van der Waals surface area contributed by atoms with Gasteiger partial charge in [-0.15, -0.1) is 0 Å². The second-order valence-corrected chi connectivity index (χ2v) is 8.30. The Morgan fingerprint density at radius 3 is 2.61 bits per heavy atom. The molecule has 166 valence electrons. The quantitative estimate of drug-likeness (QED) is 0.692. The predicted octanol–water partition coefficient (Wildman–Crippen LogP) is 1.61. The molecule has 3 rings (SSSR count). The lowest BCUT2D eigenvalue weighted by Crippen LogP contribution is -2.40. The average Bonchev–Trinajstić information content (AvgIpc) is 2.91. The van der Waals surface area contributed by atoms with Gasteiger partial charge in [-0.25, -0.2) is 5.10 Å². The first kappa shape index (κ1) is 22.7. The Bertz CT molecular complexity index is 908. The highest BCUT2D eigenvalue weighted by Gasteiger charge is 2.31. The van der Waals surface area contributed by atoms with Crippen LogP contribution >= 0.6 is 0 Å². The first-order chi connectivity index (χ1) is 14.9. The molecule has 8 heteroatoms. The number of rotatable bonds is 8. The molecule has 0 saturated carbocycles. The lowest BCUT2D eigenvalue weighted by atomic mass is 10.2. The molecule has 31 heavy (non-hydrogen) atoms. The van der Waals surface area contributed by atoms with Crippen LogP contribution in [0.5, 0.6) is 0 Å². The van der Waals surface area contributed by atoms with Gasteiger partial charge in [0.1, 0.15) is 0 Å². The number of ether oxygens (including phenoxy) is 1. The number of carbonyl (C=O) groups is 2. The van der Waals surface area contributed by atoms with Crippen LogP contribution < -0.4 is 5.56 Å². The second kappa shape index (κ2) is 10.9. The van der Waals surface area contributed by atoms with Crippen molar-refractivity contribution in [2.24, 2.45) is 5.92 Å². The zero-order chi connectivity index (χ0) is 22.2. The molecular formula is C23H30N4O4. The Labute approximate surface area is 182 Å². The van der Waals surface area contributed by atoms with Gasteiger partial charge in [0.15, 0.2) is 0 Å². The second-order valence-electron chi connectivity index (χ2n) is 8.30. The van der Waals surface area contributed by atoms with Gasteiger partial charge < -0.3 is 14.5 Å². The highest BCUT2D eigenvalue weighted by molar-refractivity contribution is 5.85. The molecule has 0 aliphatic carbocycles. The van der Waals surface area contributed by atoms with Crippen LogP contribution in [0.2, 0.25) is 0 Å². The van der Waals surface area contributed by atoms with E-state index in [1.54, 1.807) is 15.9 Å². The third-order valence-electron chi connectivity index (χ3n) is 5.13. The highest BCUT2D eigenvalue weighted by atomic mass is 16.5. The van der Waals surface area contributed by atoms with Crippen molar-refractivity contribution in [3.8, 4) is 0 Å². The van der Waals surface area contributed by atoms with Gasteiger partial charge in [0.05, 0.1) is 24.9 Å². The molecule has 8 nitrogen and oxygen atoms in total. The van der Waals surface area contributed by atoms with Crippen molar-refractivity contribution in [2.45, 2.75) is 39.4 Å². The number of nitrogens with zero attached hydrogens (tertiary/aromatic N) is 3. The Hall–Kier alpha value is -3.00. The minimum atomic E-state index is -0.281. The molecule has 1 aromatic carbocycles. The predicted molar refractivity (Wildman–Crippen MR) is 116 cm³/mol. The molecular weight excluding hydrogens is 396 g/mol. The van der Waals surface area contributed by atoms with Gasteiger partial charge in [-0.2, -0.15) is 5.10 Å². The Kier molecular flexibility index (Phi) is 7.94. The largest absolute Gasteiger partial charge is 0.370 e. The maximum absolute atomic E-state index is 12.9. The molecule has 1 aliphatic heterocycles. The van der Waals surface area contributed by atoms with Gasteiger partial charge in [-0.05, 0) is 17.5 Å². The fourth-order valence-electron chi connectivity index (χ4n) is 3.59. The van der Waals surface area contributed by atoms with E-state index in [4.69, 9.17) is 4.74 Å². The molecule has 1 aromatic heterocycles. The number of aryl methyl sites for hydroxylation is 1. The normalized spacial score (nSPS) is 17.1. The molecule has 1 N–H and O–H groups in total. The van der Waals surface area contributed by atoms with E-state index < -0.39 is 0 Å². The van der Waals surface area contributed by atoms with Crippen molar-refractivity contribution in [1.29, 1.82) is 0 Å². The molecule has 2 heterocycles. The summed E-state index contributed by atoms with van der Waals surface area (Å²) in [5, 5.41) is 6.32. The average molecular weight is 427 g/mol. The van der Waals surface area contributed by atoms with E-state index in [-0.39, 0.29) is 36.4 Å². The number of H-pyrrole nitrogens is 1. The Morgan fingerprint density at radius 2 is 1.94 bits per heavy atom. The summed E-state index contributed by atoms with van der Waals surface area (Å²) in [7, 11) is 0.